The van der Waals surface area contributed by atoms with Crippen LogP contribution in [-0.4, -0.2) is 45.3 Å². The highest BCUT2D eigenvalue weighted by molar-refractivity contribution is 7.89. The molecule has 1 fully saturated rings. The SMILES string of the molecule is Cc1oc(C(=O)NC(CN)C2CC2)cc1S(=O)(=O)N(C)C.Cl. The van der Waals surface area contributed by atoms with Gasteiger partial charge in [-0.15, -0.1) is 12.4 Å². The number of rotatable bonds is 6. The molecule has 0 aliphatic heterocycles. The zero-order valence-electron chi connectivity index (χ0n) is 12.8. The van der Waals surface area contributed by atoms with Gasteiger partial charge < -0.3 is 15.5 Å². The lowest BCUT2D eigenvalue weighted by atomic mass is 10.2. The van der Waals surface area contributed by atoms with Crippen molar-refractivity contribution in [1.82, 2.24) is 9.62 Å². The minimum Gasteiger partial charge on any atom is -0.455 e. The highest BCUT2D eigenvalue weighted by Crippen LogP contribution is 2.32. The van der Waals surface area contributed by atoms with E-state index in [1.165, 1.54) is 27.1 Å². The molecule has 22 heavy (non-hydrogen) atoms. The van der Waals surface area contributed by atoms with Crippen LogP contribution in [0.15, 0.2) is 15.4 Å². The number of nitrogens with one attached hydrogen (secondary N) is 1. The summed E-state index contributed by atoms with van der Waals surface area (Å²) in [4.78, 5) is 12.1. The van der Waals surface area contributed by atoms with Gasteiger partial charge in [0.15, 0.2) is 5.76 Å². The fourth-order valence-corrected chi connectivity index (χ4v) is 3.19. The second-order valence-electron chi connectivity index (χ2n) is 5.47. The third-order valence-corrected chi connectivity index (χ3v) is 5.54. The molecule has 0 saturated heterocycles. The molecule has 1 aliphatic rings. The van der Waals surface area contributed by atoms with Crippen LogP contribution < -0.4 is 11.1 Å². The zero-order chi connectivity index (χ0) is 15.8. The van der Waals surface area contributed by atoms with E-state index in [1.807, 2.05) is 0 Å². The lowest BCUT2D eigenvalue weighted by Gasteiger charge is -2.14. The van der Waals surface area contributed by atoms with E-state index in [0.717, 1.165) is 17.1 Å². The molecule has 1 atom stereocenters. The summed E-state index contributed by atoms with van der Waals surface area (Å²) in [5, 5.41) is 2.80. The molecule has 9 heteroatoms. The van der Waals surface area contributed by atoms with Crippen LogP contribution in [0, 0.1) is 12.8 Å². The number of amides is 1. The molecule has 1 heterocycles. The average molecular weight is 352 g/mol. The fraction of sp³-hybridized carbons (Fsp3) is 0.615. The normalized spacial score (nSPS) is 16.2. The van der Waals surface area contributed by atoms with E-state index in [4.69, 9.17) is 10.2 Å². The largest absolute Gasteiger partial charge is 0.455 e. The summed E-state index contributed by atoms with van der Waals surface area (Å²) < 4.78 is 30.6. The van der Waals surface area contributed by atoms with Gasteiger partial charge in [0.1, 0.15) is 10.7 Å². The van der Waals surface area contributed by atoms with E-state index in [9.17, 15) is 13.2 Å². The van der Waals surface area contributed by atoms with Crippen molar-refractivity contribution in [2.24, 2.45) is 11.7 Å². The van der Waals surface area contributed by atoms with Gasteiger partial charge in [-0.25, -0.2) is 12.7 Å². The summed E-state index contributed by atoms with van der Waals surface area (Å²) in [7, 11) is -0.764. The Bertz CT molecular complexity index is 638. The molecule has 126 valence electrons. The van der Waals surface area contributed by atoms with E-state index in [2.05, 4.69) is 5.32 Å². The number of hydrogen-bond donors (Lipinski definition) is 2. The Labute approximate surface area is 136 Å². The van der Waals surface area contributed by atoms with Crippen LogP contribution >= 0.6 is 12.4 Å². The topological polar surface area (TPSA) is 106 Å². The van der Waals surface area contributed by atoms with Crippen molar-refractivity contribution in [3.8, 4) is 0 Å². The molecule has 1 saturated carbocycles. The molecule has 0 aromatic carbocycles. The Kier molecular flexibility index (Phi) is 6.03. The van der Waals surface area contributed by atoms with E-state index in [1.54, 1.807) is 0 Å². The summed E-state index contributed by atoms with van der Waals surface area (Å²) in [5.74, 6) is 0.178. The van der Waals surface area contributed by atoms with Gasteiger partial charge in [0.05, 0.1) is 0 Å². The molecule has 0 spiro atoms. The highest BCUT2D eigenvalue weighted by Gasteiger charge is 2.33. The smallest absolute Gasteiger partial charge is 0.287 e. The fourth-order valence-electron chi connectivity index (χ4n) is 2.14. The number of nitrogens with zero attached hydrogens (tertiary/aromatic N) is 1. The number of hydrogen-bond acceptors (Lipinski definition) is 5. The van der Waals surface area contributed by atoms with Crippen LogP contribution in [0.1, 0.15) is 29.2 Å². The second kappa shape index (κ2) is 6.99. The number of carbonyl (C=O) groups is 1. The van der Waals surface area contributed by atoms with Crippen molar-refractivity contribution in [2.75, 3.05) is 20.6 Å². The third-order valence-electron chi connectivity index (χ3n) is 3.62. The van der Waals surface area contributed by atoms with Gasteiger partial charge in [0, 0.05) is 32.7 Å². The maximum absolute atomic E-state index is 12.1. The predicted molar refractivity (Wildman–Crippen MR) is 84.6 cm³/mol. The first-order valence-electron chi connectivity index (χ1n) is 6.81. The Balaban J connectivity index is 0.00000242. The number of sulfonamides is 1. The van der Waals surface area contributed by atoms with Gasteiger partial charge >= 0.3 is 0 Å². The van der Waals surface area contributed by atoms with Gasteiger partial charge in [-0.2, -0.15) is 0 Å². The van der Waals surface area contributed by atoms with Crippen LogP contribution in [0.2, 0.25) is 0 Å². The summed E-state index contributed by atoms with van der Waals surface area (Å²) in [6.07, 6.45) is 2.11. The van der Waals surface area contributed by atoms with E-state index in [0.29, 0.717) is 12.5 Å². The third kappa shape index (κ3) is 3.81. The molecule has 2 rings (SSSR count). The maximum Gasteiger partial charge on any atom is 0.287 e. The second-order valence-corrected chi connectivity index (χ2v) is 7.59. The first-order valence-corrected chi connectivity index (χ1v) is 8.25. The average Bonchev–Trinajstić information content (AvgIpc) is 3.17. The Hall–Kier alpha value is -1.09. The zero-order valence-corrected chi connectivity index (χ0v) is 14.5. The predicted octanol–water partition coefficient (Wildman–Crippen LogP) is 0.727. The van der Waals surface area contributed by atoms with Crippen molar-refractivity contribution in [3.05, 3.63) is 17.6 Å². The molecule has 0 bridgehead atoms. The minimum absolute atomic E-state index is 0. The molecule has 1 aromatic rings. The molecular weight excluding hydrogens is 330 g/mol. The van der Waals surface area contributed by atoms with Crippen LogP contribution in [-0.2, 0) is 10.0 Å². The van der Waals surface area contributed by atoms with E-state index < -0.39 is 15.9 Å². The molecule has 1 aliphatic carbocycles. The molecule has 1 aromatic heterocycles. The van der Waals surface area contributed by atoms with Gasteiger partial charge in [-0.05, 0) is 25.7 Å². The van der Waals surface area contributed by atoms with E-state index >= 15 is 0 Å². The van der Waals surface area contributed by atoms with Crippen molar-refractivity contribution < 1.29 is 17.6 Å². The van der Waals surface area contributed by atoms with Gasteiger partial charge in [0.25, 0.3) is 5.91 Å². The number of aryl methyl sites for hydroxylation is 1. The standard InChI is InChI=1S/C13H21N3O4S.ClH/c1-8-12(21(18,19)16(2)3)6-11(20-8)13(17)15-10(7-14)9-4-5-9;/h6,9-10H,4-5,7,14H2,1-3H3,(H,15,17);1H. The van der Waals surface area contributed by atoms with Crippen LogP contribution in [0.4, 0.5) is 0 Å². The number of furan rings is 1. The lowest BCUT2D eigenvalue weighted by molar-refractivity contribution is 0.0904. The Morgan fingerprint density at radius 2 is 2.09 bits per heavy atom. The van der Waals surface area contributed by atoms with Crippen molar-refractivity contribution in [1.29, 1.82) is 0 Å². The molecule has 7 nitrogen and oxygen atoms in total. The molecule has 3 N–H and O–H groups in total. The van der Waals surface area contributed by atoms with Crippen molar-refractivity contribution in [2.45, 2.75) is 30.7 Å². The lowest BCUT2D eigenvalue weighted by Crippen LogP contribution is -2.41. The van der Waals surface area contributed by atoms with Crippen LogP contribution in [0.5, 0.6) is 0 Å². The van der Waals surface area contributed by atoms with Crippen molar-refractivity contribution >= 4 is 28.3 Å². The number of carbonyl (C=O) groups excluding carboxylic acids is 1. The highest BCUT2D eigenvalue weighted by atomic mass is 35.5. The monoisotopic (exact) mass is 351 g/mol. The van der Waals surface area contributed by atoms with Gasteiger partial charge in [-0.1, -0.05) is 0 Å². The minimum atomic E-state index is -3.62. The molecule has 1 amide bonds. The summed E-state index contributed by atoms with van der Waals surface area (Å²) in [6, 6.07) is 1.18. The van der Waals surface area contributed by atoms with Gasteiger partial charge in [-0.3, -0.25) is 4.79 Å². The van der Waals surface area contributed by atoms with Crippen LogP contribution in [0.25, 0.3) is 0 Å². The maximum atomic E-state index is 12.1. The summed E-state index contributed by atoms with van der Waals surface area (Å²) in [6.45, 7) is 1.88. The summed E-state index contributed by atoms with van der Waals surface area (Å²) >= 11 is 0. The van der Waals surface area contributed by atoms with Gasteiger partial charge in [0.2, 0.25) is 10.0 Å². The summed E-state index contributed by atoms with van der Waals surface area (Å²) in [5.41, 5.74) is 5.64. The Morgan fingerprint density at radius 1 is 1.50 bits per heavy atom. The number of halogens is 1. The number of nitrogens with two attached hydrogens (primary N) is 1. The van der Waals surface area contributed by atoms with E-state index in [-0.39, 0.29) is 34.9 Å². The van der Waals surface area contributed by atoms with Crippen molar-refractivity contribution in [3.63, 3.8) is 0 Å². The quantitative estimate of drug-likeness (QED) is 0.785. The van der Waals surface area contributed by atoms with Crippen LogP contribution in [0.3, 0.4) is 0 Å². The Morgan fingerprint density at radius 3 is 2.55 bits per heavy atom. The molecule has 1 unspecified atom stereocenters. The molecular formula is C13H22ClN3O4S. The first kappa shape index (κ1) is 19.0. The molecule has 0 radical (unpaired) electrons. The first-order chi connectivity index (χ1) is 9.77.